The molecule has 12 heavy (non-hydrogen) atoms. The summed E-state index contributed by atoms with van der Waals surface area (Å²) in [5.74, 6) is -0.919. The van der Waals surface area contributed by atoms with Crippen LogP contribution in [-0.2, 0) is 4.79 Å². The molecule has 0 spiro atoms. The van der Waals surface area contributed by atoms with Gasteiger partial charge in [-0.15, -0.1) is 11.3 Å². The third-order valence-corrected chi connectivity index (χ3v) is 2.56. The molecule has 0 radical (unpaired) electrons. The van der Waals surface area contributed by atoms with E-state index in [2.05, 4.69) is 0 Å². The average molecular weight is 203 g/mol. The van der Waals surface area contributed by atoms with E-state index in [0.717, 1.165) is 5.56 Å². The Morgan fingerprint density at radius 2 is 2.42 bits per heavy atom. The first-order chi connectivity index (χ1) is 5.61. The maximum atomic E-state index is 10.4. The highest BCUT2D eigenvalue weighted by Crippen LogP contribution is 2.24. The van der Waals surface area contributed by atoms with Crippen molar-refractivity contribution < 1.29 is 9.90 Å². The van der Waals surface area contributed by atoms with Gasteiger partial charge in [0.1, 0.15) is 4.34 Å². The Hall–Kier alpha value is -0.800. The van der Waals surface area contributed by atoms with Crippen molar-refractivity contribution in [2.75, 3.05) is 0 Å². The van der Waals surface area contributed by atoms with Crippen LogP contribution in [0.2, 0.25) is 4.34 Å². The molecule has 64 valence electrons. The summed E-state index contributed by atoms with van der Waals surface area (Å²) in [6.07, 6.45) is 1.56. The molecule has 0 bridgehead atoms. The van der Waals surface area contributed by atoms with Crippen molar-refractivity contribution in [1.29, 1.82) is 0 Å². The molecule has 1 N–H and O–H groups in total. The molecule has 1 aromatic heterocycles. The molecule has 0 aliphatic heterocycles. The number of carboxylic acid groups (broad SMARTS) is 1. The number of thiophene rings is 1. The van der Waals surface area contributed by atoms with Crippen LogP contribution in [0.25, 0.3) is 6.08 Å². The van der Waals surface area contributed by atoms with E-state index in [4.69, 9.17) is 16.7 Å². The van der Waals surface area contributed by atoms with Crippen molar-refractivity contribution in [3.8, 4) is 0 Å². The Kier molecular flexibility index (Phi) is 2.89. The quantitative estimate of drug-likeness (QED) is 0.749. The largest absolute Gasteiger partial charge is 0.478 e. The van der Waals surface area contributed by atoms with Crippen molar-refractivity contribution in [1.82, 2.24) is 0 Å². The molecule has 0 fully saturated rings. The number of aliphatic carboxylic acids is 1. The second kappa shape index (κ2) is 3.74. The first-order valence-corrected chi connectivity index (χ1v) is 4.51. The van der Waals surface area contributed by atoms with Crippen LogP contribution in [0.3, 0.4) is 0 Å². The molecule has 1 heterocycles. The zero-order valence-corrected chi connectivity index (χ0v) is 7.95. The van der Waals surface area contributed by atoms with Crippen LogP contribution >= 0.6 is 22.9 Å². The third-order valence-electron chi connectivity index (χ3n) is 1.36. The molecular formula is C8H7ClO2S. The monoisotopic (exact) mass is 202 g/mol. The lowest BCUT2D eigenvalue weighted by Crippen LogP contribution is -1.94. The number of hydrogen-bond donors (Lipinski definition) is 1. The zero-order chi connectivity index (χ0) is 9.14. The van der Waals surface area contributed by atoms with Gasteiger partial charge in [0.2, 0.25) is 0 Å². The van der Waals surface area contributed by atoms with E-state index in [9.17, 15) is 4.79 Å². The first-order valence-electron chi connectivity index (χ1n) is 3.26. The van der Waals surface area contributed by atoms with Crippen molar-refractivity contribution in [2.45, 2.75) is 6.92 Å². The summed E-state index contributed by atoms with van der Waals surface area (Å²) >= 11 is 7.16. The summed E-state index contributed by atoms with van der Waals surface area (Å²) in [5.41, 5.74) is 1.05. The average Bonchev–Trinajstić information content (AvgIpc) is 2.36. The fourth-order valence-corrected chi connectivity index (χ4v) is 1.57. The predicted molar refractivity (Wildman–Crippen MR) is 50.6 cm³/mol. The highest BCUT2D eigenvalue weighted by atomic mass is 35.5. The van der Waals surface area contributed by atoms with Gasteiger partial charge < -0.3 is 5.11 Å². The zero-order valence-electron chi connectivity index (χ0n) is 6.37. The third kappa shape index (κ3) is 2.09. The van der Waals surface area contributed by atoms with Crippen LogP contribution in [0.1, 0.15) is 12.5 Å². The van der Waals surface area contributed by atoms with Crippen molar-refractivity contribution >= 4 is 35.0 Å². The number of carboxylic acids is 1. The van der Waals surface area contributed by atoms with Gasteiger partial charge >= 0.3 is 5.97 Å². The molecule has 4 heteroatoms. The number of rotatable bonds is 2. The lowest BCUT2D eigenvalue weighted by atomic mass is 10.2. The summed E-state index contributed by atoms with van der Waals surface area (Å²) < 4.78 is 0.621. The number of hydrogen-bond acceptors (Lipinski definition) is 2. The molecule has 0 unspecified atom stereocenters. The molecule has 1 rings (SSSR count). The molecule has 0 atom stereocenters. The van der Waals surface area contributed by atoms with Crippen LogP contribution in [0, 0.1) is 0 Å². The van der Waals surface area contributed by atoms with E-state index in [-0.39, 0.29) is 5.57 Å². The molecule has 0 saturated carbocycles. The van der Waals surface area contributed by atoms with Gasteiger partial charge in [-0.05, 0) is 24.4 Å². The summed E-state index contributed by atoms with van der Waals surface area (Å²) in [5, 5.41) is 10.4. The van der Waals surface area contributed by atoms with Crippen LogP contribution in [0.5, 0.6) is 0 Å². The Morgan fingerprint density at radius 1 is 1.75 bits per heavy atom. The predicted octanol–water partition coefficient (Wildman–Crippen LogP) is 2.89. The van der Waals surface area contributed by atoms with Crippen molar-refractivity contribution in [3.63, 3.8) is 0 Å². The summed E-state index contributed by atoms with van der Waals surface area (Å²) in [6, 6.07) is 1.79. The Labute approximate surface area is 79.1 Å². The molecule has 0 aromatic carbocycles. The summed E-state index contributed by atoms with van der Waals surface area (Å²) in [6.45, 7) is 1.54. The SMILES string of the molecule is C/C(=C/c1ccsc1Cl)C(=O)O. The minimum absolute atomic E-state index is 0.287. The van der Waals surface area contributed by atoms with Crippen LogP contribution < -0.4 is 0 Å². The Bertz CT molecular complexity index is 328. The minimum Gasteiger partial charge on any atom is -0.478 e. The number of halogens is 1. The number of carbonyl (C=O) groups is 1. The van der Waals surface area contributed by atoms with Gasteiger partial charge in [-0.3, -0.25) is 0 Å². The van der Waals surface area contributed by atoms with Crippen LogP contribution in [0.4, 0.5) is 0 Å². The van der Waals surface area contributed by atoms with Gasteiger partial charge in [-0.2, -0.15) is 0 Å². The van der Waals surface area contributed by atoms with Gasteiger partial charge in [-0.25, -0.2) is 4.79 Å². The molecule has 0 saturated heterocycles. The molecule has 0 amide bonds. The minimum atomic E-state index is -0.919. The van der Waals surface area contributed by atoms with E-state index < -0.39 is 5.97 Å². The van der Waals surface area contributed by atoms with Gasteiger partial charge in [0.25, 0.3) is 0 Å². The first kappa shape index (κ1) is 9.29. The summed E-state index contributed by atoms with van der Waals surface area (Å²) in [7, 11) is 0. The molecular weight excluding hydrogens is 196 g/mol. The molecule has 0 aliphatic carbocycles. The van der Waals surface area contributed by atoms with Gasteiger partial charge in [-0.1, -0.05) is 11.6 Å². The topological polar surface area (TPSA) is 37.3 Å². The van der Waals surface area contributed by atoms with Gasteiger partial charge in [0.05, 0.1) is 0 Å². The van der Waals surface area contributed by atoms with E-state index in [1.54, 1.807) is 12.1 Å². The lowest BCUT2D eigenvalue weighted by molar-refractivity contribution is -0.132. The molecule has 0 aliphatic rings. The van der Waals surface area contributed by atoms with E-state index >= 15 is 0 Å². The highest BCUT2D eigenvalue weighted by molar-refractivity contribution is 7.14. The standard InChI is InChI=1S/C8H7ClO2S/c1-5(8(10)11)4-6-2-3-12-7(6)9/h2-4H,1H3,(H,10,11)/b5-4-. The van der Waals surface area contributed by atoms with Crippen LogP contribution in [0.15, 0.2) is 17.0 Å². The van der Waals surface area contributed by atoms with E-state index in [1.807, 2.05) is 5.38 Å². The normalized spacial score (nSPS) is 11.7. The maximum absolute atomic E-state index is 10.4. The van der Waals surface area contributed by atoms with Crippen molar-refractivity contribution in [2.24, 2.45) is 0 Å². The van der Waals surface area contributed by atoms with Gasteiger partial charge in [0, 0.05) is 11.1 Å². The fraction of sp³-hybridized carbons (Fsp3) is 0.125. The smallest absolute Gasteiger partial charge is 0.331 e. The molecule has 2 nitrogen and oxygen atoms in total. The van der Waals surface area contributed by atoms with Gasteiger partial charge in [0.15, 0.2) is 0 Å². The second-order valence-corrected chi connectivity index (χ2v) is 3.80. The van der Waals surface area contributed by atoms with Crippen LogP contribution in [-0.4, -0.2) is 11.1 Å². The summed E-state index contributed by atoms with van der Waals surface area (Å²) in [4.78, 5) is 10.4. The Morgan fingerprint density at radius 3 is 2.83 bits per heavy atom. The van der Waals surface area contributed by atoms with E-state index in [1.165, 1.54) is 18.3 Å². The molecule has 1 aromatic rings. The maximum Gasteiger partial charge on any atom is 0.331 e. The highest BCUT2D eigenvalue weighted by Gasteiger charge is 2.02. The Balaban J connectivity index is 2.95. The van der Waals surface area contributed by atoms with E-state index in [0.29, 0.717) is 4.34 Å². The second-order valence-electron chi connectivity index (χ2n) is 2.28. The lowest BCUT2D eigenvalue weighted by Gasteiger charge is -1.91. The van der Waals surface area contributed by atoms with Crippen molar-refractivity contribution in [3.05, 3.63) is 26.9 Å². The fourth-order valence-electron chi connectivity index (χ4n) is 0.700.